The lowest BCUT2D eigenvalue weighted by Gasteiger charge is -2.10. The molecule has 0 saturated carbocycles. The van der Waals surface area contributed by atoms with Gasteiger partial charge in [0.15, 0.2) is 0 Å². The number of hydrogen-bond donors (Lipinski definition) is 2. The zero-order chi connectivity index (χ0) is 15.4. The predicted octanol–water partition coefficient (Wildman–Crippen LogP) is 3.78. The van der Waals surface area contributed by atoms with Gasteiger partial charge in [-0.25, -0.2) is 4.98 Å². The maximum atomic E-state index is 11.0. The molecule has 0 fully saturated rings. The third kappa shape index (κ3) is 3.68. The van der Waals surface area contributed by atoms with Crippen LogP contribution in [0.4, 0.5) is 23.0 Å². The van der Waals surface area contributed by atoms with Crippen molar-refractivity contribution in [3.63, 3.8) is 0 Å². The summed E-state index contributed by atoms with van der Waals surface area (Å²) >= 11 is 0. The van der Waals surface area contributed by atoms with E-state index in [1.54, 1.807) is 0 Å². The summed E-state index contributed by atoms with van der Waals surface area (Å²) in [5.41, 5.74) is 3.21. The summed E-state index contributed by atoms with van der Waals surface area (Å²) in [7, 11) is 0. The van der Waals surface area contributed by atoms with Crippen molar-refractivity contribution >= 4 is 23.0 Å². The standard InChI is InChI=1S/C15H18N4O2/c1-4-16-14-8-13(19(20)21)9-15(18-14)17-12-6-5-10(2)11(3)7-12/h5-9H,4H2,1-3H3,(H2,16,17,18). The van der Waals surface area contributed by atoms with Gasteiger partial charge in [0.2, 0.25) is 0 Å². The average molecular weight is 286 g/mol. The number of aromatic nitrogens is 1. The topological polar surface area (TPSA) is 80.1 Å². The van der Waals surface area contributed by atoms with E-state index >= 15 is 0 Å². The molecule has 0 aliphatic rings. The lowest BCUT2D eigenvalue weighted by Crippen LogP contribution is -2.03. The zero-order valence-corrected chi connectivity index (χ0v) is 12.3. The molecule has 0 atom stereocenters. The molecule has 0 aliphatic heterocycles. The highest BCUT2D eigenvalue weighted by molar-refractivity contribution is 5.63. The number of aryl methyl sites for hydroxylation is 2. The number of pyridine rings is 1. The van der Waals surface area contributed by atoms with Crippen molar-refractivity contribution in [1.29, 1.82) is 0 Å². The van der Waals surface area contributed by atoms with Gasteiger partial charge in [0.25, 0.3) is 5.69 Å². The molecular weight excluding hydrogens is 268 g/mol. The van der Waals surface area contributed by atoms with Crippen LogP contribution in [0.1, 0.15) is 18.1 Å². The minimum Gasteiger partial charge on any atom is -0.370 e. The Balaban J connectivity index is 2.33. The number of hydrogen-bond acceptors (Lipinski definition) is 5. The highest BCUT2D eigenvalue weighted by Crippen LogP contribution is 2.24. The van der Waals surface area contributed by atoms with E-state index in [0.29, 0.717) is 18.2 Å². The van der Waals surface area contributed by atoms with Crippen LogP contribution in [0, 0.1) is 24.0 Å². The molecule has 110 valence electrons. The van der Waals surface area contributed by atoms with Crippen molar-refractivity contribution in [3.05, 3.63) is 51.6 Å². The summed E-state index contributed by atoms with van der Waals surface area (Å²) < 4.78 is 0. The van der Waals surface area contributed by atoms with E-state index in [4.69, 9.17) is 0 Å². The molecule has 0 amide bonds. The second kappa shape index (κ2) is 6.21. The van der Waals surface area contributed by atoms with Gasteiger partial charge < -0.3 is 10.6 Å². The molecular formula is C15H18N4O2. The Bertz CT molecular complexity index is 671. The zero-order valence-electron chi connectivity index (χ0n) is 12.3. The summed E-state index contributed by atoms with van der Waals surface area (Å²) in [6, 6.07) is 8.77. The van der Waals surface area contributed by atoms with Crippen molar-refractivity contribution in [2.45, 2.75) is 20.8 Å². The van der Waals surface area contributed by atoms with Gasteiger partial charge in [-0.05, 0) is 44.0 Å². The fourth-order valence-corrected chi connectivity index (χ4v) is 1.92. The van der Waals surface area contributed by atoms with E-state index in [-0.39, 0.29) is 5.69 Å². The minimum atomic E-state index is -0.423. The summed E-state index contributed by atoms with van der Waals surface area (Å²) in [5, 5.41) is 17.1. The van der Waals surface area contributed by atoms with Crippen molar-refractivity contribution in [1.82, 2.24) is 4.98 Å². The molecule has 0 radical (unpaired) electrons. The van der Waals surface area contributed by atoms with Crippen LogP contribution in [0.5, 0.6) is 0 Å². The molecule has 2 rings (SSSR count). The first-order chi connectivity index (χ1) is 9.99. The second-order valence-corrected chi connectivity index (χ2v) is 4.81. The Labute approximate surface area is 123 Å². The van der Waals surface area contributed by atoms with Gasteiger partial charge in [-0.1, -0.05) is 6.07 Å². The number of benzene rings is 1. The Hall–Kier alpha value is -2.63. The van der Waals surface area contributed by atoms with E-state index in [2.05, 4.69) is 15.6 Å². The fourth-order valence-electron chi connectivity index (χ4n) is 1.92. The minimum absolute atomic E-state index is 0.00674. The van der Waals surface area contributed by atoms with Crippen LogP contribution in [0.25, 0.3) is 0 Å². The Morgan fingerprint density at radius 1 is 1.14 bits per heavy atom. The van der Waals surface area contributed by atoms with Crippen LogP contribution in [0.3, 0.4) is 0 Å². The Kier molecular flexibility index (Phi) is 4.37. The van der Waals surface area contributed by atoms with Gasteiger partial charge in [0, 0.05) is 12.2 Å². The van der Waals surface area contributed by atoms with Gasteiger partial charge >= 0.3 is 0 Å². The predicted molar refractivity (Wildman–Crippen MR) is 84.3 cm³/mol. The SMILES string of the molecule is CCNc1cc([N+](=O)[O-])cc(Nc2ccc(C)c(C)c2)n1. The largest absolute Gasteiger partial charge is 0.370 e. The van der Waals surface area contributed by atoms with Gasteiger partial charge in [-0.2, -0.15) is 0 Å². The molecule has 1 aromatic carbocycles. The average Bonchev–Trinajstić information content (AvgIpc) is 2.43. The Morgan fingerprint density at radius 2 is 1.86 bits per heavy atom. The van der Waals surface area contributed by atoms with Gasteiger partial charge in [0.1, 0.15) is 11.6 Å². The fraction of sp³-hybridized carbons (Fsp3) is 0.267. The van der Waals surface area contributed by atoms with E-state index in [1.165, 1.54) is 17.7 Å². The number of anilines is 3. The molecule has 0 spiro atoms. The molecule has 0 bridgehead atoms. The molecule has 0 aliphatic carbocycles. The summed E-state index contributed by atoms with van der Waals surface area (Å²) in [5.74, 6) is 0.932. The van der Waals surface area contributed by atoms with Crippen LogP contribution in [0.2, 0.25) is 0 Å². The van der Waals surface area contributed by atoms with E-state index < -0.39 is 4.92 Å². The molecule has 6 heteroatoms. The first-order valence-electron chi connectivity index (χ1n) is 6.74. The highest BCUT2D eigenvalue weighted by atomic mass is 16.6. The molecule has 1 heterocycles. The molecule has 0 saturated heterocycles. The molecule has 2 aromatic rings. The Morgan fingerprint density at radius 3 is 2.48 bits per heavy atom. The maximum absolute atomic E-state index is 11.0. The third-order valence-electron chi connectivity index (χ3n) is 3.16. The molecule has 6 nitrogen and oxygen atoms in total. The molecule has 21 heavy (non-hydrogen) atoms. The van der Waals surface area contributed by atoms with E-state index in [0.717, 1.165) is 11.3 Å². The van der Waals surface area contributed by atoms with Crippen LogP contribution in [0.15, 0.2) is 30.3 Å². The number of nitro groups is 1. The van der Waals surface area contributed by atoms with E-state index in [9.17, 15) is 10.1 Å². The van der Waals surface area contributed by atoms with Crippen LogP contribution >= 0.6 is 0 Å². The van der Waals surface area contributed by atoms with Crippen molar-refractivity contribution in [2.75, 3.05) is 17.2 Å². The quantitative estimate of drug-likeness (QED) is 0.645. The number of rotatable bonds is 5. The number of nitrogens with one attached hydrogen (secondary N) is 2. The summed E-state index contributed by atoms with van der Waals surface area (Å²) in [4.78, 5) is 14.9. The van der Waals surface area contributed by atoms with Gasteiger partial charge in [-0.15, -0.1) is 0 Å². The lowest BCUT2D eigenvalue weighted by molar-refractivity contribution is -0.384. The number of nitrogens with zero attached hydrogens (tertiary/aromatic N) is 2. The van der Waals surface area contributed by atoms with E-state index in [1.807, 2.05) is 39.0 Å². The van der Waals surface area contributed by atoms with Gasteiger partial charge in [-0.3, -0.25) is 10.1 Å². The normalized spacial score (nSPS) is 10.2. The van der Waals surface area contributed by atoms with Gasteiger partial charge in [0.05, 0.1) is 17.1 Å². The molecule has 1 aromatic heterocycles. The maximum Gasteiger partial charge on any atom is 0.276 e. The smallest absolute Gasteiger partial charge is 0.276 e. The van der Waals surface area contributed by atoms with Crippen LogP contribution in [-0.2, 0) is 0 Å². The van der Waals surface area contributed by atoms with Crippen molar-refractivity contribution in [3.8, 4) is 0 Å². The van der Waals surface area contributed by atoms with Crippen LogP contribution in [-0.4, -0.2) is 16.5 Å². The third-order valence-corrected chi connectivity index (χ3v) is 3.16. The van der Waals surface area contributed by atoms with Crippen LogP contribution < -0.4 is 10.6 Å². The summed E-state index contributed by atoms with van der Waals surface area (Å²) in [6.07, 6.45) is 0. The van der Waals surface area contributed by atoms with Crippen molar-refractivity contribution < 1.29 is 4.92 Å². The lowest BCUT2D eigenvalue weighted by atomic mass is 10.1. The summed E-state index contributed by atoms with van der Waals surface area (Å²) in [6.45, 7) is 6.62. The highest BCUT2D eigenvalue weighted by Gasteiger charge is 2.11. The molecule has 0 unspecified atom stereocenters. The van der Waals surface area contributed by atoms with Crippen molar-refractivity contribution in [2.24, 2.45) is 0 Å². The molecule has 2 N–H and O–H groups in total. The monoisotopic (exact) mass is 286 g/mol. The second-order valence-electron chi connectivity index (χ2n) is 4.81. The first kappa shape index (κ1) is 14.8. The first-order valence-corrected chi connectivity index (χ1v) is 6.74.